The molecule has 0 spiro atoms. The summed E-state index contributed by atoms with van der Waals surface area (Å²) in [6.45, 7) is -0.00218. The Balaban J connectivity index is 2.17. The second-order valence-electron chi connectivity index (χ2n) is 5.30. The third-order valence-corrected chi connectivity index (χ3v) is 4.19. The van der Waals surface area contributed by atoms with Gasteiger partial charge in [0.15, 0.2) is 11.3 Å². The van der Waals surface area contributed by atoms with E-state index in [2.05, 4.69) is 14.8 Å². The van der Waals surface area contributed by atoms with E-state index in [0.29, 0.717) is 15.6 Å². The maximum absolute atomic E-state index is 13.0. The SMILES string of the molecule is COC(=O)c1nn(Cc2ccc(Cl)cc2Cl)c2nc(C(F)(F)F)ccc12. The van der Waals surface area contributed by atoms with Crippen LogP contribution in [-0.4, -0.2) is 27.8 Å². The van der Waals surface area contributed by atoms with E-state index >= 15 is 0 Å². The number of hydrogen-bond donors (Lipinski definition) is 0. The van der Waals surface area contributed by atoms with Crippen molar-refractivity contribution in [2.75, 3.05) is 7.11 Å². The molecule has 0 radical (unpaired) electrons. The molecule has 2 aromatic heterocycles. The number of ether oxygens (including phenoxy) is 1. The molecule has 3 aromatic rings. The Morgan fingerprint density at radius 3 is 2.58 bits per heavy atom. The van der Waals surface area contributed by atoms with Gasteiger partial charge < -0.3 is 4.74 Å². The van der Waals surface area contributed by atoms with Crippen molar-refractivity contribution in [1.82, 2.24) is 14.8 Å². The van der Waals surface area contributed by atoms with Gasteiger partial charge in [-0.3, -0.25) is 0 Å². The molecule has 10 heteroatoms. The van der Waals surface area contributed by atoms with Crippen LogP contribution in [0.1, 0.15) is 21.7 Å². The molecule has 0 saturated heterocycles. The molecule has 1 aromatic carbocycles. The molecule has 0 bridgehead atoms. The monoisotopic (exact) mass is 403 g/mol. The van der Waals surface area contributed by atoms with Gasteiger partial charge in [-0.05, 0) is 29.8 Å². The van der Waals surface area contributed by atoms with Crippen LogP contribution in [0.5, 0.6) is 0 Å². The first-order valence-corrected chi connectivity index (χ1v) is 7.93. The molecule has 0 fully saturated rings. The normalized spacial score (nSPS) is 11.8. The van der Waals surface area contributed by atoms with Gasteiger partial charge in [0.2, 0.25) is 0 Å². The number of methoxy groups -OCH3 is 1. The highest BCUT2D eigenvalue weighted by Crippen LogP contribution is 2.30. The van der Waals surface area contributed by atoms with Crippen LogP contribution in [0.15, 0.2) is 30.3 Å². The lowest BCUT2D eigenvalue weighted by molar-refractivity contribution is -0.141. The minimum atomic E-state index is -4.63. The zero-order valence-electron chi connectivity index (χ0n) is 13.1. The maximum Gasteiger partial charge on any atom is 0.433 e. The van der Waals surface area contributed by atoms with Gasteiger partial charge in [-0.1, -0.05) is 29.3 Å². The van der Waals surface area contributed by atoms with Crippen LogP contribution in [0, 0.1) is 0 Å². The molecular weight excluding hydrogens is 394 g/mol. The van der Waals surface area contributed by atoms with Crippen molar-refractivity contribution >= 4 is 40.2 Å². The van der Waals surface area contributed by atoms with Crippen molar-refractivity contribution in [2.24, 2.45) is 0 Å². The molecule has 136 valence electrons. The molecular formula is C16H10Cl2F3N3O2. The van der Waals surface area contributed by atoms with E-state index in [4.69, 9.17) is 23.2 Å². The average molecular weight is 404 g/mol. The summed E-state index contributed by atoms with van der Waals surface area (Å²) in [4.78, 5) is 15.5. The molecule has 2 heterocycles. The molecule has 0 unspecified atom stereocenters. The summed E-state index contributed by atoms with van der Waals surface area (Å²) in [5.74, 6) is -0.780. The van der Waals surface area contributed by atoms with Crippen LogP contribution in [0.25, 0.3) is 11.0 Å². The van der Waals surface area contributed by atoms with Crippen molar-refractivity contribution in [3.8, 4) is 0 Å². The van der Waals surface area contributed by atoms with E-state index < -0.39 is 17.8 Å². The van der Waals surface area contributed by atoms with Crippen molar-refractivity contribution in [3.63, 3.8) is 0 Å². The highest BCUT2D eigenvalue weighted by Gasteiger charge is 2.33. The fourth-order valence-corrected chi connectivity index (χ4v) is 2.85. The first-order valence-electron chi connectivity index (χ1n) is 7.17. The fraction of sp³-hybridized carbons (Fsp3) is 0.188. The van der Waals surface area contributed by atoms with Crippen LogP contribution < -0.4 is 0 Å². The Bertz CT molecular complexity index is 1000. The van der Waals surface area contributed by atoms with Crippen LogP contribution in [-0.2, 0) is 17.5 Å². The molecule has 5 nitrogen and oxygen atoms in total. The van der Waals surface area contributed by atoms with Gasteiger partial charge in [-0.15, -0.1) is 0 Å². The maximum atomic E-state index is 13.0. The standard InChI is InChI=1S/C16H10Cl2F3N3O2/c1-26-15(25)13-10-4-5-12(16(19,20)21)22-14(10)24(23-13)7-8-2-3-9(17)6-11(8)18/h2-6H,7H2,1H3. The lowest BCUT2D eigenvalue weighted by atomic mass is 10.2. The van der Waals surface area contributed by atoms with Crippen LogP contribution in [0.2, 0.25) is 10.0 Å². The Hall–Kier alpha value is -2.32. The minimum absolute atomic E-state index is 0.00218. The number of hydrogen-bond acceptors (Lipinski definition) is 4. The molecule has 0 amide bonds. The van der Waals surface area contributed by atoms with E-state index in [9.17, 15) is 18.0 Å². The van der Waals surface area contributed by atoms with Crippen molar-refractivity contribution in [3.05, 3.63) is 57.3 Å². The van der Waals surface area contributed by atoms with Crippen LogP contribution in [0.3, 0.4) is 0 Å². The number of carbonyl (C=O) groups excluding carboxylic acids is 1. The van der Waals surface area contributed by atoms with E-state index in [0.717, 1.165) is 19.2 Å². The molecule has 0 atom stereocenters. The molecule has 3 rings (SSSR count). The number of carbonyl (C=O) groups is 1. The van der Waals surface area contributed by atoms with Gasteiger partial charge in [-0.25, -0.2) is 14.5 Å². The summed E-state index contributed by atoms with van der Waals surface area (Å²) in [6, 6.07) is 6.63. The number of aromatic nitrogens is 3. The summed E-state index contributed by atoms with van der Waals surface area (Å²) in [7, 11) is 1.15. The highest BCUT2D eigenvalue weighted by atomic mass is 35.5. The minimum Gasteiger partial charge on any atom is -0.464 e. The van der Waals surface area contributed by atoms with Gasteiger partial charge in [0.1, 0.15) is 5.69 Å². The Morgan fingerprint density at radius 1 is 1.23 bits per heavy atom. The lowest BCUT2D eigenvalue weighted by Gasteiger charge is -2.08. The number of rotatable bonds is 3. The highest BCUT2D eigenvalue weighted by molar-refractivity contribution is 6.35. The van der Waals surface area contributed by atoms with E-state index in [-0.39, 0.29) is 23.3 Å². The largest absolute Gasteiger partial charge is 0.464 e. The van der Waals surface area contributed by atoms with Crippen LogP contribution in [0.4, 0.5) is 13.2 Å². The van der Waals surface area contributed by atoms with Gasteiger partial charge in [0.05, 0.1) is 19.0 Å². The molecule has 0 aliphatic heterocycles. The van der Waals surface area contributed by atoms with Crippen LogP contribution >= 0.6 is 23.2 Å². The third-order valence-electron chi connectivity index (χ3n) is 3.60. The number of fused-ring (bicyclic) bond motifs is 1. The number of halogens is 5. The van der Waals surface area contributed by atoms with E-state index in [1.807, 2.05) is 0 Å². The summed E-state index contributed by atoms with van der Waals surface area (Å²) in [5.41, 5.74) is -0.777. The number of benzene rings is 1. The number of nitrogens with zero attached hydrogens (tertiary/aromatic N) is 3. The van der Waals surface area contributed by atoms with Crippen molar-refractivity contribution in [2.45, 2.75) is 12.7 Å². The first-order chi connectivity index (χ1) is 12.2. The zero-order valence-corrected chi connectivity index (χ0v) is 14.7. The fourth-order valence-electron chi connectivity index (χ4n) is 2.38. The molecule has 0 aliphatic rings. The summed E-state index contributed by atoms with van der Waals surface area (Å²) >= 11 is 12.0. The number of esters is 1. The van der Waals surface area contributed by atoms with Gasteiger partial charge in [0.25, 0.3) is 0 Å². The topological polar surface area (TPSA) is 57.0 Å². The van der Waals surface area contributed by atoms with Gasteiger partial charge >= 0.3 is 12.1 Å². The zero-order chi connectivity index (χ0) is 19.1. The van der Waals surface area contributed by atoms with Crippen molar-refractivity contribution < 1.29 is 22.7 Å². The predicted molar refractivity (Wildman–Crippen MR) is 89.4 cm³/mol. The summed E-state index contributed by atoms with van der Waals surface area (Å²) < 4.78 is 44.8. The lowest BCUT2D eigenvalue weighted by Crippen LogP contribution is -2.10. The summed E-state index contributed by atoms with van der Waals surface area (Å²) in [6.07, 6.45) is -4.63. The Kier molecular flexibility index (Phi) is 4.81. The second-order valence-corrected chi connectivity index (χ2v) is 6.14. The predicted octanol–water partition coefficient (Wildman–Crippen LogP) is 4.59. The number of alkyl halides is 3. The average Bonchev–Trinajstić information content (AvgIpc) is 2.94. The van der Waals surface area contributed by atoms with Gasteiger partial charge in [-0.2, -0.15) is 18.3 Å². The third kappa shape index (κ3) is 3.47. The Morgan fingerprint density at radius 2 is 1.96 bits per heavy atom. The van der Waals surface area contributed by atoms with E-state index in [1.165, 1.54) is 10.7 Å². The number of pyridine rings is 1. The first kappa shape index (κ1) is 18.5. The van der Waals surface area contributed by atoms with Crippen molar-refractivity contribution in [1.29, 1.82) is 0 Å². The molecule has 0 saturated carbocycles. The summed E-state index contributed by atoms with van der Waals surface area (Å²) in [5, 5.41) is 4.94. The molecule has 0 N–H and O–H groups in total. The molecule has 26 heavy (non-hydrogen) atoms. The second kappa shape index (κ2) is 6.77. The van der Waals surface area contributed by atoms with E-state index in [1.54, 1.807) is 12.1 Å². The van der Waals surface area contributed by atoms with Gasteiger partial charge in [0, 0.05) is 10.0 Å². The molecule has 0 aliphatic carbocycles. The Labute approximate surface area is 155 Å². The smallest absolute Gasteiger partial charge is 0.433 e. The quantitative estimate of drug-likeness (QED) is 0.600.